The molecule has 0 spiro atoms. The van der Waals surface area contributed by atoms with Crippen molar-refractivity contribution in [1.82, 2.24) is 4.90 Å². The molecular weight excluding hydrogens is 256 g/mol. The smallest absolute Gasteiger partial charge is 0.0536 e. The molecule has 0 aromatic heterocycles. The van der Waals surface area contributed by atoms with Gasteiger partial charge in [-0.1, -0.05) is 36.6 Å². The molecule has 0 radical (unpaired) electrons. The lowest BCUT2D eigenvalue weighted by Crippen LogP contribution is -2.53. The fourth-order valence-electron chi connectivity index (χ4n) is 2.91. The van der Waals surface area contributed by atoms with Gasteiger partial charge in [0.25, 0.3) is 0 Å². The number of hydrogen-bond donors (Lipinski definition) is 1. The quantitative estimate of drug-likeness (QED) is 0.913. The predicted molar refractivity (Wildman–Crippen MR) is 82.5 cm³/mol. The Morgan fingerprint density at radius 2 is 1.63 bits per heavy atom. The molecule has 2 N–H and O–H groups in total. The van der Waals surface area contributed by atoms with E-state index in [1.807, 2.05) is 12.1 Å². The van der Waals surface area contributed by atoms with Crippen LogP contribution in [-0.4, -0.2) is 24.0 Å². The van der Waals surface area contributed by atoms with E-state index in [0.29, 0.717) is 6.04 Å². The van der Waals surface area contributed by atoms with Crippen LogP contribution in [0.4, 0.5) is 0 Å². The van der Waals surface area contributed by atoms with Gasteiger partial charge in [-0.25, -0.2) is 0 Å². The van der Waals surface area contributed by atoms with Crippen molar-refractivity contribution in [3.8, 4) is 0 Å². The first-order valence-corrected chi connectivity index (χ1v) is 7.68. The van der Waals surface area contributed by atoms with Crippen LogP contribution < -0.4 is 5.73 Å². The average molecular weight is 281 g/mol. The van der Waals surface area contributed by atoms with Crippen molar-refractivity contribution in [2.75, 3.05) is 13.1 Å². The van der Waals surface area contributed by atoms with Gasteiger partial charge in [-0.2, -0.15) is 0 Å². The number of rotatable bonds is 3. The van der Waals surface area contributed by atoms with Crippen LogP contribution in [0.15, 0.2) is 24.3 Å². The highest BCUT2D eigenvalue weighted by molar-refractivity contribution is 6.30. The zero-order valence-corrected chi connectivity index (χ0v) is 12.8. The normalized spacial score (nSPS) is 22.5. The van der Waals surface area contributed by atoms with E-state index in [1.165, 1.54) is 38.8 Å². The van der Waals surface area contributed by atoms with Crippen LogP contribution in [0.3, 0.4) is 0 Å². The van der Waals surface area contributed by atoms with Gasteiger partial charge in [0.15, 0.2) is 0 Å². The molecule has 1 aliphatic heterocycles. The summed E-state index contributed by atoms with van der Waals surface area (Å²) in [7, 11) is 0. The Balaban J connectivity index is 2.14. The number of nitrogens with zero attached hydrogens (tertiary/aromatic N) is 1. The molecule has 1 aromatic rings. The Kier molecular flexibility index (Phi) is 4.88. The summed E-state index contributed by atoms with van der Waals surface area (Å²) in [6.45, 7) is 6.72. The van der Waals surface area contributed by atoms with Crippen molar-refractivity contribution >= 4 is 11.6 Å². The van der Waals surface area contributed by atoms with Crippen LogP contribution in [0.25, 0.3) is 0 Å². The van der Waals surface area contributed by atoms with Gasteiger partial charge < -0.3 is 5.73 Å². The maximum Gasteiger partial charge on any atom is 0.0536 e. The van der Waals surface area contributed by atoms with E-state index in [9.17, 15) is 0 Å². The Bertz CT molecular complexity index is 392. The van der Waals surface area contributed by atoms with Crippen LogP contribution in [0, 0.1) is 0 Å². The van der Waals surface area contributed by atoms with Crippen molar-refractivity contribution in [3.63, 3.8) is 0 Å². The van der Waals surface area contributed by atoms with Crippen molar-refractivity contribution in [1.29, 1.82) is 0 Å². The van der Waals surface area contributed by atoms with E-state index >= 15 is 0 Å². The lowest BCUT2D eigenvalue weighted by Gasteiger charge is -2.40. The van der Waals surface area contributed by atoms with Gasteiger partial charge in [0.2, 0.25) is 0 Å². The summed E-state index contributed by atoms with van der Waals surface area (Å²) in [6.07, 6.45) is 5.29. The number of benzene rings is 1. The third-order valence-corrected chi connectivity index (χ3v) is 4.77. The maximum atomic E-state index is 6.63. The third-order valence-electron chi connectivity index (χ3n) is 4.52. The average Bonchev–Trinajstić information content (AvgIpc) is 2.67. The minimum Gasteiger partial charge on any atom is -0.320 e. The lowest BCUT2D eigenvalue weighted by molar-refractivity contribution is 0.145. The van der Waals surface area contributed by atoms with Gasteiger partial charge in [-0.05, 0) is 57.5 Å². The minimum absolute atomic E-state index is 0.338. The molecule has 0 amide bonds. The summed E-state index contributed by atoms with van der Waals surface area (Å²) in [4.78, 5) is 2.54. The molecule has 0 bridgehead atoms. The van der Waals surface area contributed by atoms with Gasteiger partial charge in [0, 0.05) is 11.1 Å². The zero-order chi connectivity index (χ0) is 13.9. The van der Waals surface area contributed by atoms with Crippen LogP contribution in [0.5, 0.6) is 0 Å². The van der Waals surface area contributed by atoms with E-state index in [0.717, 1.165) is 10.6 Å². The fourth-order valence-corrected chi connectivity index (χ4v) is 3.04. The molecular formula is C16H25ClN2. The Morgan fingerprint density at radius 1 is 1.11 bits per heavy atom. The van der Waals surface area contributed by atoms with E-state index in [2.05, 4.69) is 30.9 Å². The highest BCUT2D eigenvalue weighted by Gasteiger charge is 2.32. The fraction of sp³-hybridized carbons (Fsp3) is 0.625. The van der Waals surface area contributed by atoms with Gasteiger partial charge in [-0.15, -0.1) is 0 Å². The summed E-state index contributed by atoms with van der Waals surface area (Å²) in [5.74, 6) is 0. The number of nitrogens with two attached hydrogens (primary N) is 1. The van der Waals surface area contributed by atoms with Crippen molar-refractivity contribution < 1.29 is 0 Å². The SMILES string of the molecule is CC(N1CCCCCC1)C(C)(N)c1ccc(Cl)cc1. The second-order valence-corrected chi connectivity index (χ2v) is 6.35. The van der Waals surface area contributed by atoms with Crippen LogP contribution in [-0.2, 0) is 5.54 Å². The molecule has 1 aromatic carbocycles. The molecule has 1 heterocycles. The first kappa shape index (κ1) is 14.8. The molecule has 1 fully saturated rings. The van der Waals surface area contributed by atoms with E-state index < -0.39 is 0 Å². The van der Waals surface area contributed by atoms with Crippen molar-refractivity contribution in [3.05, 3.63) is 34.9 Å². The summed E-state index contributed by atoms with van der Waals surface area (Å²) >= 11 is 5.96. The van der Waals surface area contributed by atoms with Gasteiger partial charge >= 0.3 is 0 Å². The second kappa shape index (κ2) is 6.25. The molecule has 1 saturated heterocycles. The molecule has 3 heteroatoms. The van der Waals surface area contributed by atoms with Crippen LogP contribution in [0.1, 0.15) is 45.1 Å². The number of hydrogen-bond acceptors (Lipinski definition) is 2. The monoisotopic (exact) mass is 280 g/mol. The molecule has 2 unspecified atom stereocenters. The summed E-state index contributed by atoms with van der Waals surface area (Å²) in [5.41, 5.74) is 7.45. The summed E-state index contributed by atoms with van der Waals surface area (Å²) in [6, 6.07) is 8.30. The van der Waals surface area contributed by atoms with Crippen LogP contribution in [0.2, 0.25) is 5.02 Å². The topological polar surface area (TPSA) is 29.3 Å². The first-order valence-electron chi connectivity index (χ1n) is 7.31. The highest BCUT2D eigenvalue weighted by Crippen LogP contribution is 2.28. The standard InChI is InChI=1S/C16H25ClN2/c1-13(19-11-5-3-4-6-12-19)16(2,18)14-7-9-15(17)10-8-14/h7-10,13H,3-6,11-12,18H2,1-2H3. The van der Waals surface area contributed by atoms with Gasteiger partial charge in [-0.3, -0.25) is 4.90 Å². The minimum atomic E-state index is -0.338. The Morgan fingerprint density at radius 3 is 2.16 bits per heavy atom. The summed E-state index contributed by atoms with van der Waals surface area (Å²) < 4.78 is 0. The number of halogens is 1. The molecule has 106 valence electrons. The molecule has 2 atom stereocenters. The zero-order valence-electron chi connectivity index (χ0n) is 12.0. The molecule has 0 saturated carbocycles. The third kappa shape index (κ3) is 3.50. The molecule has 1 aliphatic rings. The van der Waals surface area contributed by atoms with Crippen molar-refractivity contribution in [2.24, 2.45) is 5.73 Å². The van der Waals surface area contributed by atoms with Gasteiger partial charge in [0.1, 0.15) is 0 Å². The molecule has 2 nitrogen and oxygen atoms in total. The second-order valence-electron chi connectivity index (χ2n) is 5.92. The number of likely N-dealkylation sites (tertiary alicyclic amines) is 1. The van der Waals surface area contributed by atoms with Crippen LogP contribution >= 0.6 is 11.6 Å². The largest absolute Gasteiger partial charge is 0.320 e. The lowest BCUT2D eigenvalue weighted by atomic mass is 9.85. The summed E-state index contributed by atoms with van der Waals surface area (Å²) in [5, 5.41) is 0.766. The molecule has 2 rings (SSSR count). The predicted octanol–water partition coefficient (Wildman–Crippen LogP) is 3.78. The highest BCUT2D eigenvalue weighted by atomic mass is 35.5. The van der Waals surface area contributed by atoms with Gasteiger partial charge in [0.05, 0.1) is 5.54 Å². The Labute approximate surface area is 121 Å². The molecule has 0 aliphatic carbocycles. The van der Waals surface area contributed by atoms with E-state index in [4.69, 9.17) is 17.3 Å². The van der Waals surface area contributed by atoms with E-state index in [1.54, 1.807) is 0 Å². The van der Waals surface area contributed by atoms with E-state index in [-0.39, 0.29) is 5.54 Å². The molecule has 19 heavy (non-hydrogen) atoms. The Hall–Kier alpha value is -0.570. The van der Waals surface area contributed by atoms with Crippen molar-refractivity contribution in [2.45, 2.75) is 51.1 Å². The maximum absolute atomic E-state index is 6.63. The first-order chi connectivity index (χ1) is 9.01.